The highest BCUT2D eigenvalue weighted by Crippen LogP contribution is 2.24. The second-order valence-corrected chi connectivity index (χ2v) is 5.87. The number of phenolic OH excluding ortho intramolecular Hbond substituents is 2. The Balaban J connectivity index is 2.03. The zero-order valence-electron chi connectivity index (χ0n) is 11.6. The summed E-state index contributed by atoms with van der Waals surface area (Å²) in [6, 6.07) is 4.75. The Bertz CT molecular complexity index is 353. The van der Waals surface area contributed by atoms with Crippen LogP contribution in [0.4, 0.5) is 0 Å². The van der Waals surface area contributed by atoms with Crippen LogP contribution in [0.3, 0.4) is 0 Å². The third-order valence-corrected chi connectivity index (χ3v) is 3.95. The smallest absolute Gasteiger partial charge is 0.119 e. The third kappa shape index (κ3) is 7.46. The van der Waals surface area contributed by atoms with E-state index in [2.05, 4.69) is 15.9 Å². The van der Waals surface area contributed by atoms with Crippen molar-refractivity contribution in [2.24, 2.45) is 0 Å². The molecule has 19 heavy (non-hydrogen) atoms. The average Bonchev–Trinajstić information content (AvgIpc) is 2.40. The van der Waals surface area contributed by atoms with Gasteiger partial charge in [0.05, 0.1) is 0 Å². The molecule has 108 valence electrons. The Morgan fingerprint density at radius 1 is 0.789 bits per heavy atom. The van der Waals surface area contributed by atoms with Crippen LogP contribution in [0.1, 0.15) is 56.9 Å². The Morgan fingerprint density at radius 2 is 1.37 bits per heavy atom. The largest absolute Gasteiger partial charge is 0.508 e. The highest BCUT2D eigenvalue weighted by atomic mass is 79.9. The quantitative estimate of drug-likeness (QED) is 0.354. The van der Waals surface area contributed by atoms with E-state index in [9.17, 15) is 10.2 Å². The normalized spacial score (nSPS) is 10.8. The Kier molecular flexibility index (Phi) is 8.72. The molecule has 1 rings (SSSR count). The van der Waals surface area contributed by atoms with Crippen molar-refractivity contribution in [2.45, 2.75) is 57.8 Å². The second-order valence-electron chi connectivity index (χ2n) is 5.08. The fourth-order valence-electron chi connectivity index (χ4n) is 2.24. The summed E-state index contributed by atoms with van der Waals surface area (Å²) in [5.74, 6) is 0.534. The van der Waals surface area contributed by atoms with Gasteiger partial charge in [0.15, 0.2) is 0 Å². The standard InChI is InChI=1S/C16H25BrO2/c17-12-8-6-4-2-1-3-5-7-9-14-13-15(18)10-11-16(14)19/h10-11,13,18-19H,1-9,12H2. The van der Waals surface area contributed by atoms with Crippen LogP contribution < -0.4 is 0 Å². The molecule has 0 saturated carbocycles. The molecule has 3 heteroatoms. The van der Waals surface area contributed by atoms with E-state index in [-0.39, 0.29) is 5.75 Å². The Morgan fingerprint density at radius 3 is 2.00 bits per heavy atom. The zero-order chi connectivity index (χ0) is 13.9. The first-order valence-corrected chi connectivity index (χ1v) is 8.43. The van der Waals surface area contributed by atoms with E-state index >= 15 is 0 Å². The van der Waals surface area contributed by atoms with Gasteiger partial charge in [-0.05, 0) is 43.0 Å². The van der Waals surface area contributed by atoms with Gasteiger partial charge in [0.1, 0.15) is 11.5 Å². The first kappa shape index (κ1) is 16.4. The molecular weight excluding hydrogens is 304 g/mol. The van der Waals surface area contributed by atoms with Gasteiger partial charge in [-0.15, -0.1) is 0 Å². The SMILES string of the molecule is Oc1ccc(O)c(CCCCCCCCCCBr)c1. The number of phenols is 2. The van der Waals surface area contributed by atoms with Crippen molar-refractivity contribution in [2.75, 3.05) is 5.33 Å². The van der Waals surface area contributed by atoms with Gasteiger partial charge in [-0.25, -0.2) is 0 Å². The summed E-state index contributed by atoms with van der Waals surface area (Å²) in [6.45, 7) is 0. The van der Waals surface area contributed by atoms with Crippen LogP contribution >= 0.6 is 15.9 Å². The Hall–Kier alpha value is -0.700. The minimum Gasteiger partial charge on any atom is -0.508 e. The van der Waals surface area contributed by atoms with Crippen LogP contribution in [0.5, 0.6) is 11.5 Å². The summed E-state index contributed by atoms with van der Waals surface area (Å²) < 4.78 is 0. The predicted octanol–water partition coefficient (Wildman–Crippen LogP) is 5.16. The Labute approximate surface area is 125 Å². The van der Waals surface area contributed by atoms with Gasteiger partial charge in [-0.2, -0.15) is 0 Å². The number of unbranched alkanes of at least 4 members (excludes halogenated alkanes) is 7. The van der Waals surface area contributed by atoms with Gasteiger partial charge in [-0.1, -0.05) is 54.5 Å². The first-order valence-electron chi connectivity index (χ1n) is 7.31. The maximum absolute atomic E-state index is 9.64. The van der Waals surface area contributed by atoms with E-state index in [1.807, 2.05) is 0 Å². The van der Waals surface area contributed by atoms with Gasteiger partial charge < -0.3 is 10.2 Å². The minimum absolute atomic E-state index is 0.236. The van der Waals surface area contributed by atoms with E-state index < -0.39 is 0 Å². The molecule has 0 fully saturated rings. The zero-order valence-corrected chi connectivity index (χ0v) is 13.2. The molecule has 1 aromatic rings. The molecule has 0 heterocycles. The molecule has 2 N–H and O–H groups in total. The van der Waals surface area contributed by atoms with Crippen molar-refractivity contribution >= 4 is 15.9 Å². The molecule has 0 radical (unpaired) electrons. The summed E-state index contributed by atoms with van der Waals surface area (Å²) in [7, 11) is 0. The lowest BCUT2D eigenvalue weighted by atomic mass is 10.0. The van der Waals surface area contributed by atoms with E-state index in [1.54, 1.807) is 12.1 Å². The van der Waals surface area contributed by atoms with Crippen molar-refractivity contribution in [3.63, 3.8) is 0 Å². The summed E-state index contributed by atoms with van der Waals surface area (Å²) in [6.07, 6.45) is 11.0. The van der Waals surface area contributed by atoms with Crippen molar-refractivity contribution in [3.05, 3.63) is 23.8 Å². The van der Waals surface area contributed by atoms with Gasteiger partial charge in [-0.3, -0.25) is 0 Å². The number of aryl methyl sites for hydroxylation is 1. The molecule has 0 aromatic heterocycles. The summed E-state index contributed by atoms with van der Waals surface area (Å²) in [4.78, 5) is 0. The predicted molar refractivity (Wildman–Crippen MR) is 84.2 cm³/mol. The molecule has 0 aliphatic carbocycles. The fraction of sp³-hybridized carbons (Fsp3) is 0.625. The van der Waals surface area contributed by atoms with Crippen molar-refractivity contribution in [1.82, 2.24) is 0 Å². The molecule has 0 bridgehead atoms. The van der Waals surface area contributed by atoms with Crippen LogP contribution in [0.25, 0.3) is 0 Å². The minimum atomic E-state index is 0.236. The van der Waals surface area contributed by atoms with Crippen molar-refractivity contribution < 1.29 is 10.2 Å². The van der Waals surface area contributed by atoms with Gasteiger partial charge >= 0.3 is 0 Å². The van der Waals surface area contributed by atoms with Crippen LogP contribution in [0, 0.1) is 0 Å². The van der Waals surface area contributed by atoms with E-state index in [0.717, 1.165) is 23.7 Å². The molecule has 0 unspecified atom stereocenters. The second kappa shape index (κ2) is 10.1. The average molecular weight is 329 g/mol. The lowest BCUT2D eigenvalue weighted by Crippen LogP contribution is -1.87. The molecule has 0 amide bonds. The maximum Gasteiger partial charge on any atom is 0.119 e. The van der Waals surface area contributed by atoms with Crippen molar-refractivity contribution in [1.29, 1.82) is 0 Å². The van der Waals surface area contributed by atoms with E-state index in [0.29, 0.717) is 5.75 Å². The number of alkyl halides is 1. The molecule has 0 saturated heterocycles. The molecule has 0 aliphatic rings. The fourth-order valence-corrected chi connectivity index (χ4v) is 2.64. The lowest BCUT2D eigenvalue weighted by molar-refractivity contribution is 0.452. The van der Waals surface area contributed by atoms with Crippen LogP contribution in [-0.2, 0) is 6.42 Å². The number of aromatic hydroxyl groups is 2. The van der Waals surface area contributed by atoms with E-state index in [1.165, 1.54) is 51.0 Å². The van der Waals surface area contributed by atoms with Crippen LogP contribution in [0.2, 0.25) is 0 Å². The van der Waals surface area contributed by atoms with Crippen molar-refractivity contribution in [3.8, 4) is 11.5 Å². The maximum atomic E-state index is 9.64. The number of hydrogen-bond donors (Lipinski definition) is 2. The van der Waals surface area contributed by atoms with E-state index in [4.69, 9.17) is 0 Å². The molecule has 0 atom stereocenters. The number of hydrogen-bond acceptors (Lipinski definition) is 2. The molecule has 0 spiro atoms. The van der Waals surface area contributed by atoms with Gasteiger partial charge in [0, 0.05) is 5.33 Å². The number of benzene rings is 1. The molecule has 1 aromatic carbocycles. The molecule has 2 nitrogen and oxygen atoms in total. The third-order valence-electron chi connectivity index (χ3n) is 3.39. The van der Waals surface area contributed by atoms with Gasteiger partial charge in [0.2, 0.25) is 0 Å². The van der Waals surface area contributed by atoms with Crippen LogP contribution in [0.15, 0.2) is 18.2 Å². The summed E-state index contributed by atoms with van der Waals surface area (Å²) in [5, 5.41) is 20.1. The number of rotatable bonds is 10. The summed E-state index contributed by atoms with van der Waals surface area (Å²) >= 11 is 3.45. The van der Waals surface area contributed by atoms with Crippen LogP contribution in [-0.4, -0.2) is 15.5 Å². The summed E-state index contributed by atoms with van der Waals surface area (Å²) in [5.41, 5.74) is 0.859. The highest BCUT2D eigenvalue weighted by molar-refractivity contribution is 9.09. The molecular formula is C16H25BrO2. The molecule has 0 aliphatic heterocycles. The number of halogens is 1. The van der Waals surface area contributed by atoms with Gasteiger partial charge in [0.25, 0.3) is 0 Å². The topological polar surface area (TPSA) is 40.5 Å². The lowest BCUT2D eigenvalue weighted by Gasteiger charge is -2.05. The monoisotopic (exact) mass is 328 g/mol. The highest BCUT2D eigenvalue weighted by Gasteiger charge is 2.02. The first-order chi connectivity index (χ1) is 9.24.